The van der Waals surface area contributed by atoms with Crippen LogP contribution in [0, 0.1) is 5.41 Å². The number of carbonyl (C=O) groups is 1. The summed E-state index contributed by atoms with van der Waals surface area (Å²) >= 11 is 0. The number of benzene rings is 1. The van der Waals surface area contributed by atoms with E-state index in [1.165, 1.54) is 0 Å². The molecule has 1 aromatic carbocycles. The molecule has 1 heterocycles. The summed E-state index contributed by atoms with van der Waals surface area (Å²) in [5, 5.41) is 9.87. The predicted octanol–water partition coefficient (Wildman–Crippen LogP) is 3.23. The van der Waals surface area contributed by atoms with Crippen molar-refractivity contribution in [1.29, 1.82) is 0 Å². The molecule has 0 aliphatic heterocycles. The normalized spacial score (nSPS) is 13.8. The Labute approximate surface area is 143 Å². The third kappa shape index (κ3) is 5.08. The number of halogens is 1. The molecule has 0 bridgehead atoms. The molecule has 1 amide bonds. The second kappa shape index (κ2) is 7.15. The van der Waals surface area contributed by atoms with Crippen molar-refractivity contribution in [3.63, 3.8) is 0 Å². The van der Waals surface area contributed by atoms with Crippen LogP contribution < -0.4 is 11.1 Å². The van der Waals surface area contributed by atoms with Gasteiger partial charge in [-0.1, -0.05) is 51.1 Å². The van der Waals surface area contributed by atoms with Crippen LogP contribution in [0.3, 0.4) is 0 Å². The molecule has 1 unspecified atom stereocenters. The molecule has 0 saturated carbocycles. The summed E-state index contributed by atoms with van der Waals surface area (Å²) in [7, 11) is 0. The van der Waals surface area contributed by atoms with Gasteiger partial charge < -0.3 is 11.1 Å². The van der Waals surface area contributed by atoms with Gasteiger partial charge in [-0.25, -0.2) is 0 Å². The fourth-order valence-corrected chi connectivity index (χ4v) is 2.25. The molecule has 2 rings (SSSR count). The molecule has 5 nitrogen and oxygen atoms in total. The van der Waals surface area contributed by atoms with Crippen LogP contribution >= 0.6 is 12.4 Å². The minimum absolute atomic E-state index is 0. The highest BCUT2D eigenvalue weighted by atomic mass is 35.5. The van der Waals surface area contributed by atoms with E-state index in [1.54, 1.807) is 6.92 Å². The van der Waals surface area contributed by atoms with Crippen molar-refractivity contribution in [2.24, 2.45) is 11.1 Å². The van der Waals surface area contributed by atoms with Gasteiger partial charge in [-0.05, 0) is 24.3 Å². The number of rotatable bonds is 4. The van der Waals surface area contributed by atoms with Gasteiger partial charge in [0.15, 0.2) is 5.82 Å². The van der Waals surface area contributed by atoms with Crippen LogP contribution in [0.15, 0.2) is 36.4 Å². The Bertz CT molecular complexity index is 644. The summed E-state index contributed by atoms with van der Waals surface area (Å²) in [5.41, 5.74) is 6.98. The number of nitrogens with zero attached hydrogens (tertiary/aromatic N) is 1. The highest BCUT2D eigenvalue weighted by Gasteiger charge is 2.30. The number of aromatic amines is 1. The number of H-pyrrole nitrogens is 1. The average Bonchev–Trinajstić information content (AvgIpc) is 2.84. The maximum Gasteiger partial charge on any atom is 0.249 e. The summed E-state index contributed by atoms with van der Waals surface area (Å²) in [6, 6.07) is 11.2. The summed E-state index contributed by atoms with van der Waals surface area (Å²) in [5.74, 6) is 0.212. The number of aromatic nitrogens is 2. The first-order valence-electron chi connectivity index (χ1n) is 7.39. The topological polar surface area (TPSA) is 83.8 Å². The number of carbonyl (C=O) groups excluding carboxylic acids is 1. The van der Waals surface area contributed by atoms with Gasteiger partial charge >= 0.3 is 0 Å². The second-order valence-electron chi connectivity index (χ2n) is 7.04. The van der Waals surface area contributed by atoms with Gasteiger partial charge in [-0.2, -0.15) is 5.10 Å². The van der Waals surface area contributed by atoms with Gasteiger partial charge in [0.25, 0.3) is 0 Å². The zero-order chi connectivity index (χ0) is 16.4. The van der Waals surface area contributed by atoms with E-state index >= 15 is 0 Å². The molecule has 0 spiro atoms. The van der Waals surface area contributed by atoms with Crippen LogP contribution in [0.1, 0.15) is 39.0 Å². The van der Waals surface area contributed by atoms with E-state index in [2.05, 4.69) is 36.3 Å². The fourth-order valence-electron chi connectivity index (χ4n) is 2.25. The first kappa shape index (κ1) is 19.2. The van der Waals surface area contributed by atoms with Crippen molar-refractivity contribution < 1.29 is 4.79 Å². The quantitative estimate of drug-likeness (QED) is 0.801. The predicted molar refractivity (Wildman–Crippen MR) is 95.6 cm³/mol. The third-order valence-electron chi connectivity index (χ3n) is 3.44. The lowest BCUT2D eigenvalue weighted by Gasteiger charge is -2.23. The van der Waals surface area contributed by atoms with Crippen LogP contribution in [0.25, 0.3) is 0 Å². The van der Waals surface area contributed by atoms with E-state index < -0.39 is 5.54 Å². The number of hydrogen-bond acceptors (Lipinski definition) is 3. The van der Waals surface area contributed by atoms with Crippen molar-refractivity contribution in [1.82, 2.24) is 10.2 Å². The zero-order valence-corrected chi connectivity index (χ0v) is 14.8. The van der Waals surface area contributed by atoms with Gasteiger partial charge in [0.1, 0.15) is 5.54 Å². The highest BCUT2D eigenvalue weighted by Crippen LogP contribution is 2.22. The first-order chi connectivity index (χ1) is 10.2. The van der Waals surface area contributed by atoms with Crippen molar-refractivity contribution >= 4 is 24.1 Å². The standard InChI is InChI=1S/C17H24N4O.ClH/c1-16(2,3)11-13-10-14(21-20-13)19-15(22)17(4,18)12-8-6-5-7-9-12;/h5-10H,11,18H2,1-4H3,(H2,19,20,21,22);1H. The van der Waals surface area contributed by atoms with E-state index in [4.69, 9.17) is 5.73 Å². The molecule has 23 heavy (non-hydrogen) atoms. The van der Waals surface area contributed by atoms with Crippen LogP contribution in [-0.2, 0) is 16.8 Å². The molecule has 6 heteroatoms. The lowest BCUT2D eigenvalue weighted by atomic mass is 9.90. The van der Waals surface area contributed by atoms with Gasteiger partial charge in [-0.3, -0.25) is 9.89 Å². The number of nitrogens with one attached hydrogen (secondary N) is 2. The van der Waals surface area contributed by atoms with Crippen LogP contribution in [0.4, 0.5) is 5.82 Å². The van der Waals surface area contributed by atoms with Crippen LogP contribution in [0.2, 0.25) is 0 Å². The molecule has 4 N–H and O–H groups in total. The molecule has 0 radical (unpaired) electrons. The van der Waals surface area contributed by atoms with Crippen molar-refractivity contribution in [2.45, 2.75) is 39.7 Å². The molecule has 1 atom stereocenters. The Morgan fingerprint density at radius 1 is 1.22 bits per heavy atom. The third-order valence-corrected chi connectivity index (χ3v) is 3.44. The summed E-state index contributed by atoms with van der Waals surface area (Å²) in [6.45, 7) is 8.15. The van der Waals surface area contributed by atoms with Gasteiger partial charge in [-0.15, -0.1) is 12.4 Å². The molecule has 1 aromatic heterocycles. The molecule has 0 aliphatic carbocycles. The number of anilines is 1. The minimum Gasteiger partial charge on any atom is -0.314 e. The minimum atomic E-state index is -1.11. The fraction of sp³-hybridized carbons (Fsp3) is 0.412. The smallest absolute Gasteiger partial charge is 0.249 e. The van der Waals surface area contributed by atoms with E-state index in [9.17, 15) is 4.79 Å². The highest BCUT2D eigenvalue weighted by molar-refractivity contribution is 5.97. The Hall–Kier alpha value is -1.85. The Morgan fingerprint density at radius 2 is 1.83 bits per heavy atom. The summed E-state index contributed by atoms with van der Waals surface area (Å²) in [6.07, 6.45) is 0.856. The molecule has 0 aliphatic rings. The largest absolute Gasteiger partial charge is 0.314 e. The van der Waals surface area contributed by atoms with Crippen LogP contribution in [0.5, 0.6) is 0 Å². The molecule has 0 fully saturated rings. The van der Waals surface area contributed by atoms with E-state index in [-0.39, 0.29) is 23.7 Å². The Kier molecular flexibility index (Phi) is 5.97. The number of hydrogen-bond donors (Lipinski definition) is 3. The number of nitrogens with two attached hydrogens (primary N) is 1. The molecule has 126 valence electrons. The van der Waals surface area contributed by atoms with Crippen molar-refractivity contribution in [3.8, 4) is 0 Å². The first-order valence-corrected chi connectivity index (χ1v) is 7.39. The molecular weight excluding hydrogens is 312 g/mol. The Balaban J connectivity index is 0.00000264. The van der Waals surface area contributed by atoms with E-state index in [1.807, 2.05) is 36.4 Å². The molecule has 0 saturated heterocycles. The second-order valence-corrected chi connectivity index (χ2v) is 7.04. The molecule has 2 aromatic rings. The monoisotopic (exact) mass is 336 g/mol. The lowest BCUT2D eigenvalue weighted by Crippen LogP contribution is -2.45. The molecular formula is C17H25ClN4O. The van der Waals surface area contributed by atoms with E-state index in [0.717, 1.165) is 17.7 Å². The summed E-state index contributed by atoms with van der Waals surface area (Å²) < 4.78 is 0. The van der Waals surface area contributed by atoms with Gasteiger partial charge in [0.05, 0.1) is 0 Å². The van der Waals surface area contributed by atoms with Crippen molar-refractivity contribution in [2.75, 3.05) is 5.32 Å². The SMILES string of the molecule is CC(C)(C)Cc1cc(NC(=O)C(C)(N)c2ccccc2)n[nH]1.Cl. The van der Waals surface area contributed by atoms with E-state index in [0.29, 0.717) is 5.82 Å². The van der Waals surface area contributed by atoms with Gasteiger partial charge in [0.2, 0.25) is 5.91 Å². The lowest BCUT2D eigenvalue weighted by molar-refractivity contribution is -0.120. The van der Waals surface area contributed by atoms with Gasteiger partial charge in [0, 0.05) is 11.8 Å². The maximum absolute atomic E-state index is 12.4. The average molecular weight is 337 g/mol. The van der Waals surface area contributed by atoms with Crippen LogP contribution in [-0.4, -0.2) is 16.1 Å². The maximum atomic E-state index is 12.4. The Morgan fingerprint density at radius 3 is 2.39 bits per heavy atom. The summed E-state index contributed by atoms with van der Waals surface area (Å²) in [4.78, 5) is 12.4. The zero-order valence-electron chi connectivity index (χ0n) is 14.0. The number of amides is 1. The van der Waals surface area contributed by atoms with Crippen molar-refractivity contribution in [3.05, 3.63) is 47.7 Å².